The molecule has 0 fully saturated rings. The number of aromatic nitrogens is 5. The molecule has 100 valence electrons. The summed E-state index contributed by atoms with van der Waals surface area (Å²) in [5.74, 6) is 1.69. The highest BCUT2D eigenvalue weighted by Crippen LogP contribution is 2.32. The van der Waals surface area contributed by atoms with E-state index in [0.29, 0.717) is 13.2 Å². The molecule has 20 heavy (non-hydrogen) atoms. The van der Waals surface area contributed by atoms with E-state index in [2.05, 4.69) is 19.6 Å². The summed E-state index contributed by atoms with van der Waals surface area (Å²) in [5, 5.41) is 4.29. The summed E-state index contributed by atoms with van der Waals surface area (Å²) >= 11 is 0. The molecule has 1 aliphatic rings. The van der Waals surface area contributed by atoms with Gasteiger partial charge in [-0.25, -0.2) is 14.6 Å². The van der Waals surface area contributed by atoms with Crippen molar-refractivity contribution in [1.29, 1.82) is 0 Å². The van der Waals surface area contributed by atoms with Crippen molar-refractivity contribution >= 4 is 0 Å². The van der Waals surface area contributed by atoms with Crippen molar-refractivity contribution in [2.45, 2.75) is 13.5 Å². The third-order valence-corrected chi connectivity index (χ3v) is 3.42. The molecule has 2 aromatic heterocycles. The highest BCUT2D eigenvalue weighted by Gasteiger charge is 2.21. The maximum absolute atomic E-state index is 5.59. The molecular weight excluding hydrogens is 254 g/mol. The van der Waals surface area contributed by atoms with Crippen molar-refractivity contribution in [1.82, 2.24) is 24.3 Å². The Morgan fingerprint density at radius 1 is 1.35 bits per heavy atom. The van der Waals surface area contributed by atoms with E-state index in [1.54, 1.807) is 6.33 Å². The summed E-state index contributed by atoms with van der Waals surface area (Å²) < 4.78 is 9.55. The number of hydrogen-bond acceptors (Lipinski definition) is 4. The Labute approximate surface area is 115 Å². The van der Waals surface area contributed by atoms with E-state index in [1.165, 1.54) is 0 Å². The number of ether oxygens (including phenoxy) is 1. The van der Waals surface area contributed by atoms with Gasteiger partial charge in [-0.2, -0.15) is 5.10 Å². The van der Waals surface area contributed by atoms with Crippen LogP contribution in [0.3, 0.4) is 0 Å². The maximum Gasteiger partial charge on any atom is 0.160 e. The van der Waals surface area contributed by atoms with Crippen molar-refractivity contribution in [2.75, 3.05) is 6.61 Å². The first-order valence-electron chi connectivity index (χ1n) is 6.53. The Bertz CT molecular complexity index is 773. The van der Waals surface area contributed by atoms with Crippen LogP contribution in [0, 0.1) is 0 Å². The van der Waals surface area contributed by atoms with Crippen molar-refractivity contribution < 1.29 is 4.74 Å². The van der Waals surface area contributed by atoms with Crippen LogP contribution < -0.4 is 4.74 Å². The molecule has 0 atom stereocenters. The van der Waals surface area contributed by atoms with Crippen LogP contribution in [0.2, 0.25) is 0 Å². The monoisotopic (exact) mass is 267 g/mol. The zero-order chi connectivity index (χ0) is 13.5. The first-order chi connectivity index (χ1) is 9.86. The van der Waals surface area contributed by atoms with Crippen LogP contribution in [0.1, 0.15) is 12.6 Å². The standard InChI is InChI=1S/C14H13N5O/c1-2-20-11-3-4-13-12(5-11)14-16-8-17-19(14)7-10-6-15-9-18(10)13/h3-6,8-9H,2,7H2,1H3. The molecule has 0 spiro atoms. The van der Waals surface area contributed by atoms with Gasteiger partial charge in [-0.15, -0.1) is 0 Å². The number of imidazole rings is 1. The van der Waals surface area contributed by atoms with Crippen LogP contribution in [0.25, 0.3) is 17.1 Å². The molecule has 0 amide bonds. The van der Waals surface area contributed by atoms with Gasteiger partial charge in [-0.3, -0.25) is 0 Å². The molecule has 0 unspecified atom stereocenters. The van der Waals surface area contributed by atoms with E-state index in [4.69, 9.17) is 4.74 Å². The van der Waals surface area contributed by atoms with Gasteiger partial charge in [0.1, 0.15) is 12.1 Å². The summed E-state index contributed by atoms with van der Waals surface area (Å²) in [5.41, 5.74) is 3.14. The van der Waals surface area contributed by atoms with Gasteiger partial charge in [0, 0.05) is 5.56 Å². The SMILES string of the molecule is CCOc1ccc2c(c1)-c1ncnn1Cc1cncn1-2. The molecule has 3 aromatic rings. The number of benzene rings is 1. The minimum Gasteiger partial charge on any atom is -0.494 e. The van der Waals surface area contributed by atoms with E-state index in [1.807, 2.05) is 42.3 Å². The molecule has 0 aliphatic carbocycles. The number of nitrogens with zero attached hydrogens (tertiary/aromatic N) is 5. The Kier molecular flexibility index (Phi) is 2.35. The summed E-state index contributed by atoms with van der Waals surface area (Å²) in [7, 11) is 0. The van der Waals surface area contributed by atoms with Crippen molar-refractivity contribution in [3.8, 4) is 22.8 Å². The van der Waals surface area contributed by atoms with Crippen molar-refractivity contribution in [3.63, 3.8) is 0 Å². The predicted molar refractivity (Wildman–Crippen MR) is 72.9 cm³/mol. The van der Waals surface area contributed by atoms with Gasteiger partial charge in [-0.05, 0) is 25.1 Å². The molecule has 3 heterocycles. The van der Waals surface area contributed by atoms with Crippen LogP contribution >= 0.6 is 0 Å². The molecule has 0 N–H and O–H groups in total. The van der Waals surface area contributed by atoms with Gasteiger partial charge in [-0.1, -0.05) is 0 Å². The van der Waals surface area contributed by atoms with Crippen LogP contribution in [-0.2, 0) is 6.54 Å². The largest absolute Gasteiger partial charge is 0.494 e. The second kappa shape index (κ2) is 4.19. The maximum atomic E-state index is 5.59. The van der Waals surface area contributed by atoms with E-state index >= 15 is 0 Å². The van der Waals surface area contributed by atoms with Gasteiger partial charge in [0.25, 0.3) is 0 Å². The number of rotatable bonds is 2. The lowest BCUT2D eigenvalue weighted by molar-refractivity contribution is 0.340. The molecule has 6 heteroatoms. The first kappa shape index (κ1) is 11.2. The molecule has 4 rings (SSSR count). The van der Waals surface area contributed by atoms with E-state index in [-0.39, 0.29) is 0 Å². The Balaban J connectivity index is 2.00. The lowest BCUT2D eigenvalue weighted by Crippen LogP contribution is -2.03. The fourth-order valence-electron chi connectivity index (χ4n) is 2.56. The predicted octanol–water partition coefficient (Wildman–Crippen LogP) is 1.89. The summed E-state index contributed by atoms with van der Waals surface area (Å²) in [6.45, 7) is 3.28. The minimum absolute atomic E-state index is 0.641. The molecular formula is C14H13N5O. The minimum atomic E-state index is 0.641. The van der Waals surface area contributed by atoms with Crippen molar-refractivity contribution in [3.05, 3.63) is 42.7 Å². The van der Waals surface area contributed by atoms with E-state index in [0.717, 1.165) is 28.5 Å². The smallest absolute Gasteiger partial charge is 0.160 e. The van der Waals surface area contributed by atoms with Gasteiger partial charge in [0.2, 0.25) is 0 Å². The molecule has 0 saturated heterocycles. The third kappa shape index (κ3) is 1.54. The van der Waals surface area contributed by atoms with Gasteiger partial charge < -0.3 is 9.30 Å². The van der Waals surface area contributed by atoms with Crippen LogP contribution in [0.5, 0.6) is 5.75 Å². The molecule has 1 aromatic carbocycles. The molecule has 6 nitrogen and oxygen atoms in total. The van der Waals surface area contributed by atoms with Gasteiger partial charge >= 0.3 is 0 Å². The Hall–Kier alpha value is -2.63. The van der Waals surface area contributed by atoms with Gasteiger partial charge in [0.05, 0.1) is 37.1 Å². The fraction of sp³-hybridized carbons (Fsp3) is 0.214. The van der Waals surface area contributed by atoms with Crippen LogP contribution in [0.4, 0.5) is 0 Å². The number of hydrogen-bond donors (Lipinski definition) is 0. The second-order valence-electron chi connectivity index (χ2n) is 4.61. The Morgan fingerprint density at radius 3 is 3.20 bits per heavy atom. The molecule has 0 bridgehead atoms. The highest BCUT2D eigenvalue weighted by atomic mass is 16.5. The Morgan fingerprint density at radius 2 is 2.30 bits per heavy atom. The number of fused-ring (bicyclic) bond motifs is 5. The summed E-state index contributed by atoms with van der Waals surface area (Å²) in [4.78, 5) is 8.62. The zero-order valence-corrected chi connectivity index (χ0v) is 11.0. The highest BCUT2D eigenvalue weighted by molar-refractivity contribution is 5.70. The summed E-state index contributed by atoms with van der Waals surface area (Å²) in [6, 6.07) is 6.02. The third-order valence-electron chi connectivity index (χ3n) is 3.42. The van der Waals surface area contributed by atoms with Crippen molar-refractivity contribution in [2.24, 2.45) is 0 Å². The molecule has 1 aliphatic heterocycles. The van der Waals surface area contributed by atoms with Gasteiger partial charge in [0.15, 0.2) is 5.82 Å². The lowest BCUT2D eigenvalue weighted by atomic mass is 10.1. The average Bonchev–Trinajstić information content (AvgIpc) is 3.07. The first-order valence-corrected chi connectivity index (χ1v) is 6.53. The fourth-order valence-corrected chi connectivity index (χ4v) is 2.56. The second-order valence-corrected chi connectivity index (χ2v) is 4.61. The quantitative estimate of drug-likeness (QED) is 0.556. The van der Waals surface area contributed by atoms with E-state index in [9.17, 15) is 0 Å². The lowest BCUT2D eigenvalue weighted by Gasteiger charge is -2.10. The van der Waals surface area contributed by atoms with Crippen LogP contribution in [0.15, 0.2) is 37.1 Å². The van der Waals surface area contributed by atoms with Crippen LogP contribution in [-0.4, -0.2) is 30.9 Å². The summed E-state index contributed by atoms with van der Waals surface area (Å²) in [6.07, 6.45) is 5.26. The normalized spacial score (nSPS) is 12.2. The molecule has 0 saturated carbocycles. The van der Waals surface area contributed by atoms with E-state index < -0.39 is 0 Å². The topological polar surface area (TPSA) is 57.8 Å². The average molecular weight is 267 g/mol. The molecule has 0 radical (unpaired) electrons. The zero-order valence-electron chi connectivity index (χ0n) is 11.0.